The summed E-state index contributed by atoms with van der Waals surface area (Å²) in [7, 11) is 0. The van der Waals surface area contributed by atoms with Gasteiger partial charge in [-0.25, -0.2) is 9.78 Å². The molecule has 4 heteroatoms. The van der Waals surface area contributed by atoms with Crippen molar-refractivity contribution < 1.29 is 9.53 Å². The SMILES string of the molecule is CCOC(=O)C#Cc1nccs1. The Labute approximate surface area is 74.4 Å². The molecule has 0 aromatic carbocycles. The minimum atomic E-state index is -0.507. The number of carbonyl (C=O) groups is 1. The third-order valence-electron chi connectivity index (χ3n) is 0.979. The van der Waals surface area contributed by atoms with Gasteiger partial charge < -0.3 is 4.74 Å². The van der Waals surface area contributed by atoms with Crippen LogP contribution in [0.2, 0.25) is 0 Å². The molecule has 0 aliphatic rings. The van der Waals surface area contributed by atoms with Crippen molar-refractivity contribution in [1.29, 1.82) is 0 Å². The van der Waals surface area contributed by atoms with Gasteiger partial charge in [-0.1, -0.05) is 0 Å². The largest absolute Gasteiger partial charge is 0.456 e. The van der Waals surface area contributed by atoms with E-state index in [4.69, 9.17) is 0 Å². The van der Waals surface area contributed by atoms with Gasteiger partial charge in [0, 0.05) is 17.5 Å². The molecule has 0 saturated heterocycles. The van der Waals surface area contributed by atoms with E-state index in [2.05, 4.69) is 21.6 Å². The topological polar surface area (TPSA) is 39.2 Å². The maximum absolute atomic E-state index is 10.7. The van der Waals surface area contributed by atoms with Gasteiger partial charge in [0.1, 0.15) is 0 Å². The van der Waals surface area contributed by atoms with E-state index in [1.165, 1.54) is 11.3 Å². The highest BCUT2D eigenvalue weighted by molar-refractivity contribution is 7.10. The minimum Gasteiger partial charge on any atom is -0.456 e. The summed E-state index contributed by atoms with van der Waals surface area (Å²) in [5.41, 5.74) is 0. The fourth-order valence-electron chi connectivity index (χ4n) is 0.557. The Morgan fingerprint density at radius 1 is 1.83 bits per heavy atom. The van der Waals surface area contributed by atoms with Crippen molar-refractivity contribution in [3.8, 4) is 11.8 Å². The Morgan fingerprint density at radius 2 is 2.67 bits per heavy atom. The maximum Gasteiger partial charge on any atom is 0.384 e. The zero-order valence-corrected chi connectivity index (χ0v) is 7.35. The maximum atomic E-state index is 10.7. The molecule has 0 spiro atoms. The van der Waals surface area contributed by atoms with Crippen LogP contribution in [0.25, 0.3) is 0 Å². The fourth-order valence-corrected chi connectivity index (χ4v) is 1.04. The van der Waals surface area contributed by atoms with Gasteiger partial charge in [-0.05, 0) is 12.8 Å². The third kappa shape index (κ3) is 2.72. The second-order valence-corrected chi connectivity index (χ2v) is 2.70. The second kappa shape index (κ2) is 4.52. The van der Waals surface area contributed by atoms with E-state index in [0.717, 1.165) is 0 Å². The van der Waals surface area contributed by atoms with E-state index in [-0.39, 0.29) is 0 Å². The first-order valence-corrected chi connectivity index (χ1v) is 4.29. The Morgan fingerprint density at radius 3 is 3.25 bits per heavy atom. The second-order valence-electron chi connectivity index (χ2n) is 1.81. The van der Waals surface area contributed by atoms with Gasteiger partial charge in [0.2, 0.25) is 0 Å². The van der Waals surface area contributed by atoms with Crippen LogP contribution in [0.15, 0.2) is 11.6 Å². The van der Waals surface area contributed by atoms with Crippen LogP contribution in [0.4, 0.5) is 0 Å². The number of carbonyl (C=O) groups excluding carboxylic acids is 1. The molecular formula is C8H7NO2S. The molecule has 0 atom stereocenters. The zero-order valence-electron chi connectivity index (χ0n) is 6.53. The highest BCUT2D eigenvalue weighted by Crippen LogP contribution is 2.00. The van der Waals surface area contributed by atoms with Crippen LogP contribution < -0.4 is 0 Å². The molecule has 62 valence electrons. The highest BCUT2D eigenvalue weighted by Gasteiger charge is 1.93. The van der Waals surface area contributed by atoms with Crippen LogP contribution in [-0.4, -0.2) is 17.6 Å². The van der Waals surface area contributed by atoms with Crippen LogP contribution in [0.5, 0.6) is 0 Å². The molecule has 0 bridgehead atoms. The molecule has 1 rings (SSSR count). The average Bonchev–Trinajstić information content (AvgIpc) is 2.53. The number of thiazole rings is 1. The Kier molecular flexibility index (Phi) is 3.30. The van der Waals surface area contributed by atoms with E-state index in [9.17, 15) is 4.79 Å². The van der Waals surface area contributed by atoms with Crippen LogP contribution in [0.3, 0.4) is 0 Å². The Hall–Kier alpha value is -1.34. The van der Waals surface area contributed by atoms with E-state index in [0.29, 0.717) is 11.6 Å². The van der Waals surface area contributed by atoms with Crippen LogP contribution in [0.1, 0.15) is 11.9 Å². The number of hydrogen-bond donors (Lipinski definition) is 0. The van der Waals surface area contributed by atoms with Crippen molar-refractivity contribution in [2.24, 2.45) is 0 Å². The fraction of sp³-hybridized carbons (Fsp3) is 0.250. The summed E-state index contributed by atoms with van der Waals surface area (Å²) in [6.07, 6.45) is 1.64. The first-order chi connectivity index (χ1) is 5.83. The normalized spacial score (nSPS) is 8.42. The van der Waals surface area contributed by atoms with Crippen molar-refractivity contribution in [3.05, 3.63) is 16.6 Å². The standard InChI is InChI=1S/C8H7NO2S/c1-2-11-8(10)4-3-7-9-5-6-12-7/h5-6H,2H2,1H3. The van der Waals surface area contributed by atoms with Gasteiger partial charge in [-0.15, -0.1) is 11.3 Å². The molecule has 0 N–H and O–H groups in total. The first kappa shape index (κ1) is 8.75. The lowest BCUT2D eigenvalue weighted by molar-refractivity contribution is -0.136. The van der Waals surface area contributed by atoms with Gasteiger partial charge in [-0.2, -0.15) is 0 Å². The predicted molar refractivity (Wildman–Crippen MR) is 45.6 cm³/mol. The summed E-state index contributed by atoms with van der Waals surface area (Å²) in [5.74, 6) is 4.41. The van der Waals surface area contributed by atoms with Crippen LogP contribution in [-0.2, 0) is 9.53 Å². The highest BCUT2D eigenvalue weighted by atomic mass is 32.1. The molecule has 0 saturated carbocycles. The summed E-state index contributed by atoms with van der Waals surface area (Å²) in [5, 5.41) is 2.43. The van der Waals surface area contributed by atoms with Gasteiger partial charge >= 0.3 is 5.97 Å². The number of esters is 1. The smallest absolute Gasteiger partial charge is 0.384 e. The van der Waals surface area contributed by atoms with Crippen LogP contribution in [0, 0.1) is 11.8 Å². The number of nitrogens with zero attached hydrogens (tertiary/aromatic N) is 1. The van der Waals surface area contributed by atoms with Crippen LogP contribution >= 0.6 is 11.3 Å². The van der Waals surface area contributed by atoms with E-state index in [1.54, 1.807) is 18.5 Å². The van der Waals surface area contributed by atoms with Crippen molar-refractivity contribution in [2.45, 2.75) is 6.92 Å². The van der Waals surface area contributed by atoms with Crippen molar-refractivity contribution in [3.63, 3.8) is 0 Å². The summed E-state index contributed by atoms with van der Waals surface area (Å²) >= 11 is 1.39. The molecule has 0 unspecified atom stereocenters. The quantitative estimate of drug-likeness (QED) is 0.480. The Balaban J connectivity index is 2.54. The molecule has 0 radical (unpaired) electrons. The monoisotopic (exact) mass is 181 g/mol. The van der Waals surface area contributed by atoms with Gasteiger partial charge in [0.25, 0.3) is 0 Å². The summed E-state index contributed by atoms with van der Waals surface area (Å²) in [6, 6.07) is 0. The molecule has 0 aliphatic carbocycles. The summed E-state index contributed by atoms with van der Waals surface area (Å²) < 4.78 is 4.60. The van der Waals surface area contributed by atoms with Gasteiger partial charge in [-0.3, -0.25) is 0 Å². The summed E-state index contributed by atoms with van der Waals surface area (Å²) in [4.78, 5) is 14.6. The predicted octanol–water partition coefficient (Wildman–Crippen LogP) is 1.06. The molecule has 0 aliphatic heterocycles. The van der Waals surface area contributed by atoms with E-state index < -0.39 is 5.97 Å². The molecule has 3 nitrogen and oxygen atoms in total. The van der Waals surface area contributed by atoms with Gasteiger partial charge in [0.05, 0.1) is 6.61 Å². The molecule has 12 heavy (non-hydrogen) atoms. The molecule has 0 fully saturated rings. The number of rotatable bonds is 1. The lowest BCUT2D eigenvalue weighted by Crippen LogP contribution is -1.99. The number of aromatic nitrogens is 1. The van der Waals surface area contributed by atoms with Crippen molar-refractivity contribution in [2.75, 3.05) is 6.61 Å². The lowest BCUT2D eigenvalue weighted by Gasteiger charge is -1.89. The Bertz CT molecular complexity index is 308. The molecular weight excluding hydrogens is 174 g/mol. The molecule has 1 heterocycles. The number of hydrogen-bond acceptors (Lipinski definition) is 4. The molecule has 1 aromatic heterocycles. The molecule has 0 amide bonds. The number of ether oxygens (including phenoxy) is 1. The molecule has 1 aromatic rings. The first-order valence-electron chi connectivity index (χ1n) is 3.41. The van der Waals surface area contributed by atoms with E-state index >= 15 is 0 Å². The minimum absolute atomic E-state index is 0.353. The van der Waals surface area contributed by atoms with E-state index in [1.807, 2.05) is 0 Å². The van der Waals surface area contributed by atoms with Crippen molar-refractivity contribution >= 4 is 17.3 Å². The van der Waals surface area contributed by atoms with Crippen molar-refractivity contribution in [1.82, 2.24) is 4.98 Å². The zero-order chi connectivity index (χ0) is 8.81. The average molecular weight is 181 g/mol. The third-order valence-corrected chi connectivity index (χ3v) is 1.67. The summed E-state index contributed by atoms with van der Waals surface area (Å²) in [6.45, 7) is 2.09. The van der Waals surface area contributed by atoms with Gasteiger partial charge in [0.15, 0.2) is 5.01 Å². The lowest BCUT2D eigenvalue weighted by atomic mass is 10.6.